The van der Waals surface area contributed by atoms with E-state index in [0.717, 1.165) is 30.5 Å². The van der Waals surface area contributed by atoms with E-state index >= 15 is 0 Å². The van der Waals surface area contributed by atoms with Crippen LogP contribution in [0.15, 0.2) is 67.3 Å². The van der Waals surface area contributed by atoms with Crippen molar-refractivity contribution < 1.29 is 14.4 Å². The summed E-state index contributed by atoms with van der Waals surface area (Å²) in [6.07, 6.45) is 4.49. The van der Waals surface area contributed by atoms with E-state index in [4.69, 9.17) is 0 Å². The van der Waals surface area contributed by atoms with Crippen molar-refractivity contribution in [2.24, 2.45) is 11.8 Å². The van der Waals surface area contributed by atoms with Gasteiger partial charge in [0.2, 0.25) is 11.8 Å². The van der Waals surface area contributed by atoms with Crippen LogP contribution in [0.25, 0.3) is 0 Å². The molecule has 6 nitrogen and oxygen atoms in total. The summed E-state index contributed by atoms with van der Waals surface area (Å²) >= 11 is 0. The number of nitrogens with zero attached hydrogens (tertiary/aromatic N) is 3. The van der Waals surface area contributed by atoms with Gasteiger partial charge in [0.05, 0.1) is 17.5 Å². The Balaban J connectivity index is 1.58. The minimum absolute atomic E-state index is 0.103. The van der Waals surface area contributed by atoms with Gasteiger partial charge in [-0.1, -0.05) is 48.9 Å². The third-order valence-electron chi connectivity index (χ3n) is 7.72. The van der Waals surface area contributed by atoms with Gasteiger partial charge in [0.1, 0.15) is 5.54 Å². The average molecular weight is 428 g/mol. The van der Waals surface area contributed by atoms with Crippen LogP contribution in [0.1, 0.15) is 24.8 Å². The highest BCUT2D eigenvalue weighted by Crippen LogP contribution is 2.61. The Bertz CT molecular complexity index is 1150. The largest absolute Gasteiger partial charge is 0.306 e. The summed E-state index contributed by atoms with van der Waals surface area (Å²) in [5.74, 6) is -1.77. The molecule has 3 fully saturated rings. The molecule has 1 spiro atoms. The van der Waals surface area contributed by atoms with E-state index in [1.165, 1.54) is 4.90 Å². The molecule has 162 valence electrons. The number of rotatable bonds is 3. The van der Waals surface area contributed by atoms with Crippen LogP contribution < -0.4 is 9.80 Å². The Morgan fingerprint density at radius 1 is 0.969 bits per heavy atom. The van der Waals surface area contributed by atoms with Gasteiger partial charge in [0.25, 0.3) is 5.91 Å². The van der Waals surface area contributed by atoms with Gasteiger partial charge >= 0.3 is 0 Å². The molecular formula is C26H25N3O3. The fourth-order valence-corrected chi connectivity index (χ4v) is 6.65. The lowest BCUT2D eigenvalue weighted by molar-refractivity contribution is -0.138. The molecule has 4 atom stereocenters. The standard InChI is InChI=1S/C26H25N3O3/c1-2-15-27-19-13-7-6-12-18(19)26(25(27)32)22-21(20-14-8-9-16-28(20)26)23(30)29(24(22)31)17-10-4-3-5-11-17/h2-7,10-13,20-22H,1,8-9,14-16H2/t20-,21+,22-,26-/m0/s1. The summed E-state index contributed by atoms with van der Waals surface area (Å²) in [5.41, 5.74) is 1.12. The first-order valence-corrected chi connectivity index (χ1v) is 11.3. The van der Waals surface area contributed by atoms with Crippen molar-refractivity contribution in [1.82, 2.24) is 4.90 Å². The van der Waals surface area contributed by atoms with E-state index in [0.29, 0.717) is 18.8 Å². The topological polar surface area (TPSA) is 60.9 Å². The SMILES string of the molecule is C=CCN1C(=O)[C@]2(c3ccccc31)[C@@H]1C(=O)N(c3ccccc3)C(=O)[C@@H]1[C@@H]1CCCCN12. The average Bonchev–Trinajstić information content (AvgIpc) is 3.37. The Kier molecular flexibility index (Phi) is 4.17. The highest BCUT2D eigenvalue weighted by atomic mass is 16.2. The van der Waals surface area contributed by atoms with Crippen molar-refractivity contribution >= 4 is 29.1 Å². The van der Waals surface area contributed by atoms with Crippen LogP contribution in [0.3, 0.4) is 0 Å². The van der Waals surface area contributed by atoms with E-state index in [9.17, 15) is 14.4 Å². The van der Waals surface area contributed by atoms with Crippen LogP contribution in [0.4, 0.5) is 11.4 Å². The van der Waals surface area contributed by atoms with Gasteiger partial charge in [-0.2, -0.15) is 0 Å². The molecule has 3 amide bonds. The third-order valence-corrected chi connectivity index (χ3v) is 7.72. The van der Waals surface area contributed by atoms with Crippen molar-refractivity contribution in [3.63, 3.8) is 0 Å². The van der Waals surface area contributed by atoms with E-state index in [1.807, 2.05) is 42.5 Å². The summed E-state index contributed by atoms with van der Waals surface area (Å²) < 4.78 is 0. The quantitative estimate of drug-likeness (QED) is 0.558. The summed E-state index contributed by atoms with van der Waals surface area (Å²) in [5, 5.41) is 0. The van der Waals surface area contributed by atoms with Gasteiger partial charge < -0.3 is 4.90 Å². The number of piperidine rings is 1. The predicted molar refractivity (Wildman–Crippen MR) is 121 cm³/mol. The first kappa shape index (κ1) is 19.4. The molecule has 6 rings (SSSR count). The molecule has 2 aromatic rings. The molecule has 0 saturated carbocycles. The number of benzene rings is 2. The van der Waals surface area contributed by atoms with Crippen molar-refractivity contribution in [1.29, 1.82) is 0 Å². The molecule has 0 radical (unpaired) electrons. The second kappa shape index (κ2) is 6.87. The number of carbonyl (C=O) groups excluding carboxylic acids is 3. The maximum absolute atomic E-state index is 14.2. The lowest BCUT2D eigenvalue weighted by atomic mass is 9.76. The van der Waals surface area contributed by atoms with Crippen LogP contribution >= 0.6 is 0 Å². The number of hydrogen-bond acceptors (Lipinski definition) is 4. The number of amides is 3. The van der Waals surface area contributed by atoms with Crippen LogP contribution in [0.5, 0.6) is 0 Å². The molecule has 6 heteroatoms. The lowest BCUT2D eigenvalue weighted by Crippen LogP contribution is -2.58. The molecule has 4 aliphatic rings. The van der Waals surface area contributed by atoms with Gasteiger partial charge in [0, 0.05) is 23.8 Å². The third kappa shape index (κ3) is 2.20. The zero-order chi connectivity index (χ0) is 22.0. The van der Waals surface area contributed by atoms with Crippen LogP contribution in [-0.4, -0.2) is 41.8 Å². The van der Waals surface area contributed by atoms with Crippen LogP contribution in [0, 0.1) is 11.8 Å². The molecule has 4 heterocycles. The second-order valence-electron chi connectivity index (χ2n) is 9.10. The monoisotopic (exact) mass is 427 g/mol. The summed E-state index contributed by atoms with van der Waals surface area (Å²) in [4.78, 5) is 47.3. The molecule has 0 unspecified atom stereocenters. The smallest absolute Gasteiger partial charge is 0.253 e. The van der Waals surface area contributed by atoms with E-state index in [1.54, 1.807) is 23.1 Å². The van der Waals surface area contributed by atoms with E-state index in [2.05, 4.69) is 11.5 Å². The maximum atomic E-state index is 14.2. The Hall–Kier alpha value is -3.25. The Morgan fingerprint density at radius 2 is 1.72 bits per heavy atom. The zero-order valence-electron chi connectivity index (χ0n) is 17.8. The first-order chi connectivity index (χ1) is 15.6. The van der Waals surface area contributed by atoms with Crippen molar-refractivity contribution in [3.05, 3.63) is 72.8 Å². The summed E-state index contributed by atoms with van der Waals surface area (Å²) in [7, 11) is 0. The molecule has 0 aromatic heterocycles. The van der Waals surface area contributed by atoms with Gasteiger partial charge in [-0.3, -0.25) is 19.3 Å². The second-order valence-corrected chi connectivity index (χ2v) is 9.10. The van der Waals surface area contributed by atoms with Crippen molar-refractivity contribution in [3.8, 4) is 0 Å². The van der Waals surface area contributed by atoms with E-state index in [-0.39, 0.29) is 23.8 Å². The molecule has 2 aromatic carbocycles. The highest BCUT2D eigenvalue weighted by molar-refractivity contribution is 6.26. The van der Waals surface area contributed by atoms with Gasteiger partial charge in [0.15, 0.2) is 0 Å². The number of fused-ring (bicyclic) bond motifs is 7. The Morgan fingerprint density at radius 3 is 2.50 bits per heavy atom. The molecule has 32 heavy (non-hydrogen) atoms. The number of para-hydroxylation sites is 2. The van der Waals surface area contributed by atoms with Gasteiger partial charge in [-0.15, -0.1) is 6.58 Å². The van der Waals surface area contributed by atoms with Crippen molar-refractivity contribution in [2.45, 2.75) is 30.8 Å². The predicted octanol–water partition coefficient (Wildman–Crippen LogP) is 3.09. The van der Waals surface area contributed by atoms with Gasteiger partial charge in [-0.25, -0.2) is 4.90 Å². The maximum Gasteiger partial charge on any atom is 0.253 e. The van der Waals surface area contributed by atoms with E-state index < -0.39 is 17.4 Å². The summed E-state index contributed by atoms with van der Waals surface area (Å²) in [6, 6.07) is 16.7. The highest BCUT2D eigenvalue weighted by Gasteiger charge is 2.75. The minimum Gasteiger partial charge on any atom is -0.306 e. The molecule has 4 aliphatic heterocycles. The normalized spacial score (nSPS) is 31.2. The summed E-state index contributed by atoms with van der Waals surface area (Å²) in [6.45, 7) is 4.92. The van der Waals surface area contributed by atoms with Crippen LogP contribution in [-0.2, 0) is 19.9 Å². The van der Waals surface area contributed by atoms with Crippen molar-refractivity contribution in [2.75, 3.05) is 22.9 Å². The molecule has 0 N–H and O–H groups in total. The molecule has 3 saturated heterocycles. The fourth-order valence-electron chi connectivity index (χ4n) is 6.65. The molecule has 0 aliphatic carbocycles. The van der Waals surface area contributed by atoms with Crippen LogP contribution in [0.2, 0.25) is 0 Å². The number of hydrogen-bond donors (Lipinski definition) is 0. The first-order valence-electron chi connectivity index (χ1n) is 11.3. The number of anilines is 2. The number of carbonyl (C=O) groups is 3. The molecule has 0 bridgehead atoms. The minimum atomic E-state index is -1.13. The fraction of sp³-hybridized carbons (Fsp3) is 0.346. The van der Waals surface area contributed by atoms with Gasteiger partial charge in [-0.05, 0) is 37.6 Å². The number of imide groups is 1. The Labute approximate surface area is 187 Å². The zero-order valence-corrected chi connectivity index (χ0v) is 17.8. The lowest BCUT2D eigenvalue weighted by Gasteiger charge is -2.42. The molecular weight excluding hydrogens is 402 g/mol.